The summed E-state index contributed by atoms with van der Waals surface area (Å²) in [6.45, 7) is 5.34. The van der Waals surface area contributed by atoms with Gasteiger partial charge in [0.15, 0.2) is 0 Å². The summed E-state index contributed by atoms with van der Waals surface area (Å²) in [6.07, 6.45) is 5.24. The molecule has 0 bridgehead atoms. The molecule has 4 nitrogen and oxygen atoms in total. The Labute approximate surface area is 124 Å². The summed E-state index contributed by atoms with van der Waals surface area (Å²) < 4.78 is 2.25. The first-order valence-electron chi connectivity index (χ1n) is 7.75. The number of nitrogens with zero attached hydrogens (tertiary/aromatic N) is 2. The highest BCUT2D eigenvalue weighted by Crippen LogP contribution is 2.31. The lowest BCUT2D eigenvalue weighted by Gasteiger charge is -2.27. The Morgan fingerprint density at radius 3 is 2.95 bits per heavy atom. The molecule has 2 unspecified atom stereocenters. The molecule has 2 atom stereocenters. The molecule has 1 aliphatic carbocycles. The topological polar surface area (TPSA) is 55.1 Å². The van der Waals surface area contributed by atoms with E-state index in [4.69, 9.17) is 5.11 Å². The van der Waals surface area contributed by atoms with Crippen LogP contribution in [0.2, 0.25) is 0 Å². The molecular weight excluding hydrogens is 264 g/mol. The quantitative estimate of drug-likeness (QED) is 0.931. The van der Waals surface area contributed by atoms with Crippen molar-refractivity contribution in [2.75, 3.05) is 0 Å². The van der Waals surface area contributed by atoms with Crippen LogP contribution in [0.5, 0.6) is 0 Å². The van der Waals surface area contributed by atoms with E-state index in [0.29, 0.717) is 11.5 Å². The van der Waals surface area contributed by atoms with Crippen molar-refractivity contribution in [2.24, 2.45) is 11.8 Å². The zero-order valence-corrected chi connectivity index (χ0v) is 12.7. The molecule has 2 aromatic rings. The molecule has 1 saturated carbocycles. The number of fused-ring (bicyclic) bond motifs is 1. The maximum Gasteiger partial charge on any atom is 0.335 e. The van der Waals surface area contributed by atoms with Gasteiger partial charge >= 0.3 is 5.97 Å². The van der Waals surface area contributed by atoms with E-state index < -0.39 is 5.97 Å². The van der Waals surface area contributed by atoms with Gasteiger partial charge in [-0.15, -0.1) is 0 Å². The molecule has 0 radical (unpaired) electrons. The Bertz CT molecular complexity index is 675. The van der Waals surface area contributed by atoms with E-state index in [1.807, 2.05) is 13.0 Å². The van der Waals surface area contributed by atoms with Gasteiger partial charge < -0.3 is 9.67 Å². The summed E-state index contributed by atoms with van der Waals surface area (Å²) in [4.78, 5) is 15.6. The summed E-state index contributed by atoms with van der Waals surface area (Å²) >= 11 is 0. The summed E-state index contributed by atoms with van der Waals surface area (Å²) in [6, 6.07) is 5.24. The van der Waals surface area contributed by atoms with E-state index >= 15 is 0 Å². The fourth-order valence-corrected chi connectivity index (χ4v) is 3.60. The number of benzene rings is 1. The molecule has 1 N–H and O–H groups in total. The van der Waals surface area contributed by atoms with E-state index in [9.17, 15) is 4.79 Å². The molecule has 1 fully saturated rings. The van der Waals surface area contributed by atoms with Crippen molar-refractivity contribution in [1.82, 2.24) is 9.55 Å². The first-order valence-corrected chi connectivity index (χ1v) is 7.75. The number of rotatable bonds is 3. The number of imidazole rings is 1. The van der Waals surface area contributed by atoms with Crippen LogP contribution < -0.4 is 0 Å². The van der Waals surface area contributed by atoms with Crippen LogP contribution in [-0.2, 0) is 6.54 Å². The van der Waals surface area contributed by atoms with E-state index in [1.165, 1.54) is 25.7 Å². The number of carboxylic acid groups (broad SMARTS) is 1. The highest BCUT2D eigenvalue weighted by atomic mass is 16.4. The van der Waals surface area contributed by atoms with Crippen molar-refractivity contribution in [3.8, 4) is 0 Å². The molecule has 0 saturated heterocycles. The number of aryl methyl sites for hydroxylation is 1. The highest BCUT2D eigenvalue weighted by Gasteiger charge is 2.21. The standard InChI is InChI=1S/C17H22N2O2/c1-11-4-3-5-13(8-11)10-19-12(2)18-15-9-14(17(20)21)6-7-16(15)19/h6-7,9,11,13H,3-5,8,10H2,1-2H3,(H,20,21). The average molecular weight is 286 g/mol. The predicted octanol–water partition coefficient (Wildman–Crippen LogP) is 3.87. The smallest absolute Gasteiger partial charge is 0.335 e. The van der Waals surface area contributed by atoms with Crippen LogP contribution in [0.25, 0.3) is 11.0 Å². The average Bonchev–Trinajstić information content (AvgIpc) is 2.74. The van der Waals surface area contributed by atoms with Crippen molar-refractivity contribution in [3.63, 3.8) is 0 Å². The first-order chi connectivity index (χ1) is 10.0. The third-order valence-corrected chi connectivity index (χ3v) is 4.67. The zero-order chi connectivity index (χ0) is 15.0. The number of hydrogen-bond acceptors (Lipinski definition) is 2. The number of carboxylic acids is 1. The number of aromatic nitrogens is 2. The van der Waals surface area contributed by atoms with Gasteiger partial charge in [0.05, 0.1) is 16.6 Å². The zero-order valence-electron chi connectivity index (χ0n) is 12.7. The minimum Gasteiger partial charge on any atom is -0.478 e. The van der Waals surface area contributed by atoms with E-state index in [2.05, 4.69) is 16.5 Å². The second-order valence-corrected chi connectivity index (χ2v) is 6.42. The van der Waals surface area contributed by atoms with Crippen LogP contribution in [0.1, 0.15) is 48.8 Å². The summed E-state index contributed by atoms with van der Waals surface area (Å²) in [5.41, 5.74) is 2.14. The van der Waals surface area contributed by atoms with Crippen molar-refractivity contribution in [3.05, 3.63) is 29.6 Å². The molecule has 0 aliphatic heterocycles. The molecule has 1 heterocycles. The van der Waals surface area contributed by atoms with Gasteiger partial charge in [0.1, 0.15) is 5.82 Å². The van der Waals surface area contributed by atoms with Gasteiger partial charge in [0, 0.05) is 6.54 Å². The maximum atomic E-state index is 11.1. The third kappa shape index (κ3) is 2.80. The number of aromatic carboxylic acids is 1. The molecule has 4 heteroatoms. The number of hydrogen-bond donors (Lipinski definition) is 1. The van der Waals surface area contributed by atoms with Crippen molar-refractivity contribution < 1.29 is 9.90 Å². The number of carbonyl (C=O) groups is 1. The Hall–Kier alpha value is -1.84. The molecule has 1 aromatic heterocycles. The second-order valence-electron chi connectivity index (χ2n) is 6.42. The Kier molecular flexibility index (Phi) is 3.70. The largest absolute Gasteiger partial charge is 0.478 e. The minimum absolute atomic E-state index is 0.304. The van der Waals surface area contributed by atoms with Crippen LogP contribution in [0, 0.1) is 18.8 Å². The van der Waals surface area contributed by atoms with Gasteiger partial charge in [-0.1, -0.05) is 19.8 Å². The Balaban J connectivity index is 1.91. The lowest BCUT2D eigenvalue weighted by atomic mass is 9.82. The summed E-state index contributed by atoms with van der Waals surface area (Å²) in [5, 5.41) is 9.08. The van der Waals surface area contributed by atoms with Gasteiger partial charge in [-0.05, 0) is 49.8 Å². The van der Waals surface area contributed by atoms with Gasteiger partial charge in [0.2, 0.25) is 0 Å². The molecule has 21 heavy (non-hydrogen) atoms. The minimum atomic E-state index is -0.898. The molecule has 1 aliphatic rings. The van der Waals surface area contributed by atoms with Gasteiger partial charge in [-0.25, -0.2) is 9.78 Å². The Morgan fingerprint density at radius 1 is 1.43 bits per heavy atom. The fourth-order valence-electron chi connectivity index (χ4n) is 3.60. The third-order valence-electron chi connectivity index (χ3n) is 4.67. The monoisotopic (exact) mass is 286 g/mol. The molecule has 0 amide bonds. The van der Waals surface area contributed by atoms with Crippen LogP contribution in [-0.4, -0.2) is 20.6 Å². The normalized spacial score (nSPS) is 22.6. The molecule has 1 aromatic carbocycles. The maximum absolute atomic E-state index is 11.1. The van der Waals surface area contributed by atoms with E-state index in [0.717, 1.165) is 29.3 Å². The molecular formula is C17H22N2O2. The molecule has 3 rings (SSSR count). The van der Waals surface area contributed by atoms with Crippen molar-refractivity contribution in [1.29, 1.82) is 0 Å². The molecule has 112 valence electrons. The van der Waals surface area contributed by atoms with Gasteiger partial charge in [0.25, 0.3) is 0 Å². The fraction of sp³-hybridized carbons (Fsp3) is 0.529. The predicted molar refractivity (Wildman–Crippen MR) is 82.6 cm³/mol. The van der Waals surface area contributed by atoms with Gasteiger partial charge in [-0.3, -0.25) is 0 Å². The Morgan fingerprint density at radius 2 is 2.24 bits per heavy atom. The SMILES string of the molecule is Cc1nc2cc(C(=O)O)ccc2n1CC1CCCC(C)C1. The lowest BCUT2D eigenvalue weighted by Crippen LogP contribution is -2.19. The molecule has 0 spiro atoms. The van der Waals surface area contributed by atoms with Crippen LogP contribution >= 0.6 is 0 Å². The van der Waals surface area contributed by atoms with E-state index in [1.54, 1.807) is 12.1 Å². The van der Waals surface area contributed by atoms with Gasteiger partial charge in [-0.2, -0.15) is 0 Å². The lowest BCUT2D eigenvalue weighted by molar-refractivity contribution is 0.0697. The van der Waals surface area contributed by atoms with Crippen LogP contribution in [0.4, 0.5) is 0 Å². The van der Waals surface area contributed by atoms with Crippen molar-refractivity contribution in [2.45, 2.75) is 46.1 Å². The van der Waals surface area contributed by atoms with Crippen LogP contribution in [0.15, 0.2) is 18.2 Å². The van der Waals surface area contributed by atoms with Crippen LogP contribution in [0.3, 0.4) is 0 Å². The summed E-state index contributed by atoms with van der Waals surface area (Å²) in [7, 11) is 0. The van der Waals surface area contributed by atoms with Crippen molar-refractivity contribution >= 4 is 17.0 Å². The highest BCUT2D eigenvalue weighted by molar-refractivity contribution is 5.92. The second kappa shape index (κ2) is 5.51. The summed E-state index contributed by atoms with van der Waals surface area (Å²) in [5.74, 6) is 1.61. The van der Waals surface area contributed by atoms with E-state index in [-0.39, 0.29) is 0 Å². The first kappa shape index (κ1) is 14.1.